The maximum atomic E-state index is 13.2. The highest BCUT2D eigenvalue weighted by Gasteiger charge is 2.27. The Morgan fingerprint density at radius 3 is 2.04 bits per heavy atom. The Kier molecular flexibility index (Phi) is 4.49. The molecule has 1 fully saturated rings. The Morgan fingerprint density at radius 1 is 0.846 bits per heavy atom. The molecular formula is C22H24N2O2. The predicted molar refractivity (Wildman–Crippen MR) is 104 cm³/mol. The molecule has 2 amide bonds. The van der Waals surface area contributed by atoms with Crippen LogP contribution in [0.3, 0.4) is 0 Å². The molecule has 4 nitrogen and oxygen atoms in total. The van der Waals surface area contributed by atoms with Crippen molar-refractivity contribution >= 4 is 23.2 Å². The Bertz CT molecular complexity index is 824. The maximum absolute atomic E-state index is 13.2. The van der Waals surface area contributed by atoms with E-state index in [9.17, 15) is 9.59 Å². The Labute approximate surface area is 154 Å². The average molecular weight is 348 g/mol. The number of benzene rings is 2. The van der Waals surface area contributed by atoms with Crippen molar-refractivity contribution in [3.8, 4) is 0 Å². The minimum Gasteiger partial charge on any atom is -0.311 e. The summed E-state index contributed by atoms with van der Waals surface area (Å²) in [6.07, 6.45) is 4.59. The van der Waals surface area contributed by atoms with E-state index in [1.807, 2.05) is 41.3 Å². The molecule has 0 aromatic heterocycles. The fourth-order valence-electron chi connectivity index (χ4n) is 3.88. The smallest absolute Gasteiger partial charge is 0.258 e. The van der Waals surface area contributed by atoms with Crippen molar-refractivity contribution in [2.24, 2.45) is 0 Å². The van der Waals surface area contributed by atoms with E-state index >= 15 is 0 Å². The van der Waals surface area contributed by atoms with Gasteiger partial charge in [-0.05, 0) is 55.0 Å². The molecule has 0 radical (unpaired) electrons. The van der Waals surface area contributed by atoms with Crippen LogP contribution in [0.5, 0.6) is 0 Å². The van der Waals surface area contributed by atoms with E-state index in [-0.39, 0.29) is 11.8 Å². The Hall–Kier alpha value is -2.62. The van der Waals surface area contributed by atoms with Crippen LogP contribution in [-0.4, -0.2) is 24.9 Å². The number of carbonyl (C=O) groups is 2. The van der Waals surface area contributed by atoms with Crippen molar-refractivity contribution in [1.29, 1.82) is 0 Å². The molecule has 0 N–H and O–H groups in total. The maximum Gasteiger partial charge on any atom is 0.258 e. The van der Waals surface area contributed by atoms with Crippen molar-refractivity contribution in [3.63, 3.8) is 0 Å². The molecule has 0 unspecified atom stereocenters. The van der Waals surface area contributed by atoms with Gasteiger partial charge in [0.15, 0.2) is 0 Å². The van der Waals surface area contributed by atoms with Crippen molar-refractivity contribution < 1.29 is 9.59 Å². The molecule has 1 heterocycles. The van der Waals surface area contributed by atoms with Gasteiger partial charge in [0.05, 0.1) is 11.4 Å². The minimum atomic E-state index is 0.00279. The van der Waals surface area contributed by atoms with E-state index in [2.05, 4.69) is 12.1 Å². The lowest BCUT2D eigenvalue weighted by atomic mass is 9.80. The molecule has 4 rings (SSSR count). The van der Waals surface area contributed by atoms with Crippen LogP contribution in [-0.2, 0) is 4.79 Å². The van der Waals surface area contributed by atoms with Gasteiger partial charge in [0, 0.05) is 25.6 Å². The van der Waals surface area contributed by atoms with Crippen LogP contribution in [0.1, 0.15) is 54.4 Å². The second kappa shape index (κ2) is 6.94. The van der Waals surface area contributed by atoms with Crippen molar-refractivity contribution in [2.75, 3.05) is 22.9 Å². The summed E-state index contributed by atoms with van der Waals surface area (Å²) in [5.41, 5.74) is 3.68. The number of para-hydroxylation sites is 2. The molecule has 2 aromatic carbocycles. The largest absolute Gasteiger partial charge is 0.311 e. The van der Waals surface area contributed by atoms with Gasteiger partial charge in [-0.2, -0.15) is 0 Å². The van der Waals surface area contributed by atoms with Crippen LogP contribution in [0.15, 0.2) is 48.5 Å². The number of rotatable bonds is 2. The van der Waals surface area contributed by atoms with Gasteiger partial charge in [-0.3, -0.25) is 9.59 Å². The summed E-state index contributed by atoms with van der Waals surface area (Å²) in [5.74, 6) is 0.682. The molecule has 4 heteroatoms. The zero-order valence-electron chi connectivity index (χ0n) is 15.1. The molecule has 2 aliphatic rings. The summed E-state index contributed by atoms with van der Waals surface area (Å²) in [5, 5.41) is 0. The topological polar surface area (TPSA) is 40.6 Å². The molecular weight excluding hydrogens is 324 g/mol. The third-order valence-corrected chi connectivity index (χ3v) is 5.59. The predicted octanol–water partition coefficient (Wildman–Crippen LogP) is 4.36. The van der Waals surface area contributed by atoms with E-state index in [0.717, 1.165) is 17.8 Å². The van der Waals surface area contributed by atoms with Crippen molar-refractivity contribution in [2.45, 2.75) is 38.5 Å². The summed E-state index contributed by atoms with van der Waals surface area (Å²) in [4.78, 5) is 28.8. The first kappa shape index (κ1) is 16.8. The Morgan fingerprint density at radius 2 is 1.46 bits per heavy atom. The highest BCUT2D eigenvalue weighted by atomic mass is 16.2. The average Bonchev–Trinajstić information content (AvgIpc) is 2.80. The molecule has 0 bridgehead atoms. The summed E-state index contributed by atoms with van der Waals surface area (Å²) < 4.78 is 0. The summed E-state index contributed by atoms with van der Waals surface area (Å²) in [6, 6.07) is 15.8. The third kappa shape index (κ3) is 3.00. The van der Waals surface area contributed by atoms with Crippen LogP contribution in [0, 0.1) is 0 Å². The SMILES string of the molecule is CC(=O)N1CCCN(C(=O)c2ccc(C3CCC3)cc2)c2ccccc21. The molecule has 0 spiro atoms. The van der Waals surface area contributed by atoms with E-state index in [1.165, 1.54) is 24.8 Å². The monoisotopic (exact) mass is 348 g/mol. The first-order chi connectivity index (χ1) is 12.6. The highest BCUT2D eigenvalue weighted by molar-refractivity contribution is 6.09. The zero-order valence-corrected chi connectivity index (χ0v) is 15.1. The number of amides is 2. The first-order valence-electron chi connectivity index (χ1n) is 9.44. The van der Waals surface area contributed by atoms with Crippen LogP contribution in [0.25, 0.3) is 0 Å². The number of hydrogen-bond donors (Lipinski definition) is 0. The second-order valence-corrected chi connectivity index (χ2v) is 7.22. The van der Waals surface area contributed by atoms with E-state index in [0.29, 0.717) is 24.6 Å². The number of hydrogen-bond acceptors (Lipinski definition) is 2. The van der Waals surface area contributed by atoms with Gasteiger partial charge in [-0.1, -0.05) is 30.7 Å². The lowest BCUT2D eigenvalue weighted by Crippen LogP contribution is -2.31. The lowest BCUT2D eigenvalue weighted by molar-refractivity contribution is -0.116. The third-order valence-electron chi connectivity index (χ3n) is 5.59. The van der Waals surface area contributed by atoms with Crippen molar-refractivity contribution in [1.82, 2.24) is 0 Å². The molecule has 0 atom stereocenters. The molecule has 26 heavy (non-hydrogen) atoms. The fourth-order valence-corrected chi connectivity index (χ4v) is 3.88. The number of carbonyl (C=O) groups excluding carboxylic acids is 2. The van der Waals surface area contributed by atoms with Gasteiger partial charge < -0.3 is 9.80 Å². The molecule has 0 saturated heterocycles. The van der Waals surface area contributed by atoms with E-state index < -0.39 is 0 Å². The fraction of sp³-hybridized carbons (Fsp3) is 0.364. The zero-order chi connectivity index (χ0) is 18.1. The van der Waals surface area contributed by atoms with Crippen LogP contribution in [0.4, 0.5) is 11.4 Å². The number of anilines is 2. The molecule has 1 aliphatic carbocycles. The summed E-state index contributed by atoms with van der Waals surface area (Å²) >= 11 is 0. The second-order valence-electron chi connectivity index (χ2n) is 7.22. The van der Waals surface area contributed by atoms with Gasteiger partial charge in [0.2, 0.25) is 5.91 Å². The normalized spacial score (nSPS) is 17.3. The molecule has 2 aromatic rings. The molecule has 1 aliphatic heterocycles. The minimum absolute atomic E-state index is 0.00279. The van der Waals surface area contributed by atoms with Crippen LogP contribution in [0.2, 0.25) is 0 Å². The standard InChI is InChI=1S/C22H24N2O2/c1-16(25)23-14-5-15-24(21-9-3-2-8-20(21)23)22(26)19-12-10-18(11-13-19)17-6-4-7-17/h2-3,8-13,17H,4-7,14-15H2,1H3. The number of fused-ring (bicyclic) bond motifs is 1. The summed E-state index contributed by atoms with van der Waals surface area (Å²) in [7, 11) is 0. The quantitative estimate of drug-likeness (QED) is 0.809. The lowest BCUT2D eigenvalue weighted by Gasteiger charge is -2.27. The Balaban J connectivity index is 1.64. The molecule has 1 saturated carbocycles. The van der Waals surface area contributed by atoms with Gasteiger partial charge in [-0.25, -0.2) is 0 Å². The highest BCUT2D eigenvalue weighted by Crippen LogP contribution is 2.37. The van der Waals surface area contributed by atoms with Crippen LogP contribution >= 0.6 is 0 Å². The van der Waals surface area contributed by atoms with Crippen LogP contribution < -0.4 is 9.80 Å². The first-order valence-corrected chi connectivity index (χ1v) is 9.44. The molecule has 134 valence electrons. The van der Waals surface area contributed by atoms with Gasteiger partial charge in [-0.15, -0.1) is 0 Å². The van der Waals surface area contributed by atoms with Gasteiger partial charge in [0.25, 0.3) is 5.91 Å². The van der Waals surface area contributed by atoms with E-state index in [4.69, 9.17) is 0 Å². The van der Waals surface area contributed by atoms with Gasteiger partial charge in [0.1, 0.15) is 0 Å². The number of nitrogens with zero attached hydrogens (tertiary/aromatic N) is 2. The van der Waals surface area contributed by atoms with E-state index in [1.54, 1.807) is 11.8 Å². The van der Waals surface area contributed by atoms with Gasteiger partial charge >= 0.3 is 0 Å². The van der Waals surface area contributed by atoms with Crippen molar-refractivity contribution in [3.05, 3.63) is 59.7 Å². The summed E-state index contributed by atoms with van der Waals surface area (Å²) in [6.45, 7) is 2.83.